The molecule has 0 aliphatic carbocycles. The molecule has 1 aliphatic rings. The Morgan fingerprint density at radius 3 is 2.96 bits per heavy atom. The van der Waals surface area contributed by atoms with Crippen molar-refractivity contribution in [1.82, 2.24) is 19.9 Å². The van der Waals surface area contributed by atoms with Crippen LogP contribution in [0.3, 0.4) is 0 Å². The molecular formula is C16H14N4O3. The summed E-state index contributed by atoms with van der Waals surface area (Å²) in [5.74, 6) is 0. The van der Waals surface area contributed by atoms with Crippen LogP contribution in [-0.2, 0) is 0 Å². The van der Waals surface area contributed by atoms with Crippen LogP contribution in [0.2, 0.25) is 0 Å². The van der Waals surface area contributed by atoms with Crippen LogP contribution in [0.25, 0.3) is 27.5 Å². The molecule has 7 heteroatoms. The van der Waals surface area contributed by atoms with Crippen molar-refractivity contribution in [3.63, 3.8) is 0 Å². The van der Waals surface area contributed by atoms with E-state index in [2.05, 4.69) is 15.0 Å². The Bertz CT molecular complexity index is 1020. The predicted octanol–water partition coefficient (Wildman–Crippen LogP) is 2.17. The topological polar surface area (TPSA) is 102 Å². The van der Waals surface area contributed by atoms with Crippen molar-refractivity contribution in [3.8, 4) is 0 Å². The highest BCUT2D eigenvalue weighted by Crippen LogP contribution is 2.28. The standard InChI is InChI=1S/C16H14N4O3/c21-15-13-11-7-10(9-3-5-20(6-4-9)16(22)23)1-2-12(11)19-14(13)17-8-18-15/h1-3,7-8H,4-6H2,(H,22,23)(H2,17,18,19,21). The highest BCUT2D eigenvalue weighted by molar-refractivity contribution is 6.06. The van der Waals surface area contributed by atoms with E-state index in [-0.39, 0.29) is 5.56 Å². The molecule has 3 aromatic rings. The summed E-state index contributed by atoms with van der Waals surface area (Å²) in [5, 5.41) is 10.4. The van der Waals surface area contributed by atoms with Crippen LogP contribution in [0.1, 0.15) is 12.0 Å². The molecule has 1 aromatic carbocycles. The summed E-state index contributed by atoms with van der Waals surface area (Å²) in [5.41, 5.74) is 3.35. The molecule has 3 heterocycles. The zero-order valence-corrected chi connectivity index (χ0v) is 12.2. The third kappa shape index (κ3) is 2.17. The minimum atomic E-state index is -0.898. The largest absolute Gasteiger partial charge is 0.465 e. The molecule has 23 heavy (non-hydrogen) atoms. The van der Waals surface area contributed by atoms with Crippen molar-refractivity contribution in [2.45, 2.75) is 6.42 Å². The molecule has 2 aromatic heterocycles. The zero-order chi connectivity index (χ0) is 16.0. The molecule has 0 radical (unpaired) electrons. The quantitative estimate of drug-likeness (QED) is 0.641. The Morgan fingerprint density at radius 1 is 1.35 bits per heavy atom. The summed E-state index contributed by atoms with van der Waals surface area (Å²) in [7, 11) is 0. The van der Waals surface area contributed by atoms with Crippen LogP contribution in [0, 0.1) is 0 Å². The summed E-state index contributed by atoms with van der Waals surface area (Å²) in [6.45, 7) is 0.869. The Hall–Kier alpha value is -3.09. The Labute approximate surface area is 130 Å². The number of hydrogen-bond donors (Lipinski definition) is 3. The minimum Gasteiger partial charge on any atom is -0.465 e. The second-order valence-electron chi connectivity index (χ2n) is 5.55. The van der Waals surface area contributed by atoms with Crippen LogP contribution in [0.15, 0.2) is 35.4 Å². The maximum atomic E-state index is 12.1. The van der Waals surface area contributed by atoms with Crippen molar-refractivity contribution >= 4 is 33.6 Å². The first-order valence-electron chi connectivity index (χ1n) is 7.30. The normalized spacial score (nSPS) is 15.1. The van der Waals surface area contributed by atoms with Gasteiger partial charge in [0.2, 0.25) is 0 Å². The van der Waals surface area contributed by atoms with E-state index in [1.807, 2.05) is 24.3 Å². The fourth-order valence-corrected chi connectivity index (χ4v) is 3.04. The first-order valence-corrected chi connectivity index (χ1v) is 7.30. The van der Waals surface area contributed by atoms with Crippen molar-refractivity contribution < 1.29 is 9.90 Å². The lowest BCUT2D eigenvalue weighted by molar-refractivity contribution is 0.150. The van der Waals surface area contributed by atoms with E-state index in [0.717, 1.165) is 22.0 Å². The van der Waals surface area contributed by atoms with Gasteiger partial charge in [0.25, 0.3) is 5.56 Å². The number of amides is 1. The number of hydrogen-bond acceptors (Lipinski definition) is 3. The van der Waals surface area contributed by atoms with Gasteiger partial charge < -0.3 is 20.0 Å². The molecule has 116 valence electrons. The molecule has 0 saturated heterocycles. The van der Waals surface area contributed by atoms with Crippen LogP contribution >= 0.6 is 0 Å². The SMILES string of the molecule is O=C(O)N1CC=C(c2ccc3[nH]c4nc[nH]c(=O)c4c3c2)CC1. The van der Waals surface area contributed by atoms with E-state index in [4.69, 9.17) is 5.11 Å². The Balaban J connectivity index is 1.82. The number of benzene rings is 1. The first kappa shape index (κ1) is 13.6. The number of carboxylic acid groups (broad SMARTS) is 1. The number of fused-ring (bicyclic) bond motifs is 3. The van der Waals surface area contributed by atoms with Gasteiger partial charge in [0.1, 0.15) is 5.65 Å². The average molecular weight is 310 g/mol. The summed E-state index contributed by atoms with van der Waals surface area (Å²) in [4.78, 5) is 34.3. The number of H-pyrrole nitrogens is 2. The third-order valence-electron chi connectivity index (χ3n) is 4.25. The Kier molecular flexibility index (Phi) is 2.94. The fraction of sp³-hybridized carbons (Fsp3) is 0.188. The third-order valence-corrected chi connectivity index (χ3v) is 4.25. The monoisotopic (exact) mass is 310 g/mol. The molecular weight excluding hydrogens is 296 g/mol. The summed E-state index contributed by atoms with van der Waals surface area (Å²) in [6.07, 6.45) is 3.07. The van der Waals surface area contributed by atoms with Gasteiger partial charge in [-0.25, -0.2) is 9.78 Å². The van der Waals surface area contributed by atoms with E-state index in [1.54, 1.807) is 0 Å². The van der Waals surface area contributed by atoms with Gasteiger partial charge in [-0.15, -0.1) is 0 Å². The van der Waals surface area contributed by atoms with E-state index in [1.165, 1.54) is 11.2 Å². The van der Waals surface area contributed by atoms with Gasteiger partial charge in [-0.2, -0.15) is 0 Å². The maximum Gasteiger partial charge on any atom is 0.407 e. The lowest BCUT2D eigenvalue weighted by Gasteiger charge is -2.23. The number of carbonyl (C=O) groups is 1. The van der Waals surface area contributed by atoms with Gasteiger partial charge in [-0.3, -0.25) is 4.79 Å². The molecule has 4 rings (SSSR count). The lowest BCUT2D eigenvalue weighted by Crippen LogP contribution is -2.33. The van der Waals surface area contributed by atoms with E-state index in [9.17, 15) is 9.59 Å². The van der Waals surface area contributed by atoms with Gasteiger partial charge in [0.15, 0.2) is 0 Å². The molecule has 0 bridgehead atoms. The van der Waals surface area contributed by atoms with Crippen LogP contribution < -0.4 is 5.56 Å². The molecule has 3 N–H and O–H groups in total. The smallest absolute Gasteiger partial charge is 0.407 e. The highest BCUT2D eigenvalue weighted by atomic mass is 16.4. The van der Waals surface area contributed by atoms with Crippen LogP contribution in [0.5, 0.6) is 0 Å². The number of aromatic nitrogens is 3. The average Bonchev–Trinajstić information content (AvgIpc) is 2.93. The number of nitrogens with zero attached hydrogens (tertiary/aromatic N) is 2. The van der Waals surface area contributed by atoms with Crippen molar-refractivity contribution in [2.24, 2.45) is 0 Å². The molecule has 0 spiro atoms. The Morgan fingerprint density at radius 2 is 2.22 bits per heavy atom. The van der Waals surface area contributed by atoms with Crippen molar-refractivity contribution in [2.75, 3.05) is 13.1 Å². The molecule has 1 amide bonds. The lowest BCUT2D eigenvalue weighted by atomic mass is 9.98. The zero-order valence-electron chi connectivity index (χ0n) is 12.2. The summed E-state index contributed by atoms with van der Waals surface area (Å²) in [6, 6.07) is 5.87. The predicted molar refractivity (Wildman–Crippen MR) is 86.4 cm³/mol. The van der Waals surface area contributed by atoms with Gasteiger partial charge >= 0.3 is 6.09 Å². The fourth-order valence-electron chi connectivity index (χ4n) is 3.04. The summed E-state index contributed by atoms with van der Waals surface area (Å²) < 4.78 is 0. The highest BCUT2D eigenvalue weighted by Gasteiger charge is 2.17. The number of rotatable bonds is 1. The van der Waals surface area contributed by atoms with Crippen LogP contribution in [-0.4, -0.2) is 44.1 Å². The molecule has 0 saturated carbocycles. The molecule has 0 unspecified atom stereocenters. The molecule has 0 fully saturated rings. The maximum absolute atomic E-state index is 12.1. The van der Waals surface area contributed by atoms with Crippen LogP contribution in [0.4, 0.5) is 4.79 Å². The number of nitrogens with one attached hydrogen (secondary N) is 2. The van der Waals surface area contributed by atoms with Gasteiger partial charge in [0.05, 0.1) is 11.7 Å². The van der Waals surface area contributed by atoms with E-state index < -0.39 is 6.09 Å². The molecule has 1 aliphatic heterocycles. The second kappa shape index (κ2) is 4.98. The molecule has 7 nitrogen and oxygen atoms in total. The molecule has 0 atom stereocenters. The van der Waals surface area contributed by atoms with Gasteiger partial charge in [0, 0.05) is 24.0 Å². The number of aromatic amines is 2. The minimum absolute atomic E-state index is 0.173. The van der Waals surface area contributed by atoms with Gasteiger partial charge in [-0.1, -0.05) is 12.1 Å². The van der Waals surface area contributed by atoms with E-state index >= 15 is 0 Å². The van der Waals surface area contributed by atoms with Crippen molar-refractivity contribution in [3.05, 3.63) is 46.5 Å². The second-order valence-corrected chi connectivity index (χ2v) is 5.55. The summed E-state index contributed by atoms with van der Waals surface area (Å²) >= 11 is 0. The van der Waals surface area contributed by atoms with E-state index in [0.29, 0.717) is 30.5 Å². The van der Waals surface area contributed by atoms with Gasteiger partial charge in [-0.05, 0) is 29.7 Å². The van der Waals surface area contributed by atoms with Crippen molar-refractivity contribution in [1.29, 1.82) is 0 Å². The first-order chi connectivity index (χ1) is 11.1.